The summed E-state index contributed by atoms with van der Waals surface area (Å²) in [5, 5.41) is 6.46. The van der Waals surface area contributed by atoms with Gasteiger partial charge in [0.05, 0.1) is 11.7 Å². The summed E-state index contributed by atoms with van der Waals surface area (Å²) >= 11 is 16.1. The number of hydrogen-bond acceptors (Lipinski definition) is 5. The van der Waals surface area contributed by atoms with Crippen LogP contribution >= 0.6 is 35.8 Å². The van der Waals surface area contributed by atoms with Crippen molar-refractivity contribution in [1.82, 2.24) is 0 Å². The number of carbonyl (C=O) groups is 3. The summed E-state index contributed by atoms with van der Waals surface area (Å²) in [5.74, 6) is -0.836. The van der Waals surface area contributed by atoms with Gasteiger partial charge in [0, 0.05) is 39.0 Å². The minimum Gasteiger partial charge on any atom is -0.325 e. The Balaban J connectivity index is 1.82. The Labute approximate surface area is 213 Å². The molecule has 0 radical (unpaired) electrons. The maximum atomic E-state index is 13.2. The van der Waals surface area contributed by atoms with Gasteiger partial charge < -0.3 is 16.4 Å². The number of benzene rings is 3. The summed E-state index contributed by atoms with van der Waals surface area (Å²) in [4.78, 5) is 38.0. The van der Waals surface area contributed by atoms with E-state index in [0.717, 1.165) is 5.56 Å². The topological polar surface area (TPSA) is 101 Å². The number of halogens is 2. The fourth-order valence-electron chi connectivity index (χ4n) is 3.21. The Morgan fingerprint density at radius 3 is 2.24 bits per heavy atom. The summed E-state index contributed by atoms with van der Waals surface area (Å²) < 4.78 is 0. The van der Waals surface area contributed by atoms with E-state index in [1.165, 1.54) is 6.07 Å². The van der Waals surface area contributed by atoms with Gasteiger partial charge in [0.25, 0.3) is 0 Å². The second-order valence-electron chi connectivity index (χ2n) is 7.56. The first-order valence-corrected chi connectivity index (χ1v) is 11.8. The molecule has 0 heterocycles. The molecule has 0 aliphatic carbocycles. The van der Waals surface area contributed by atoms with Crippen molar-refractivity contribution in [1.29, 1.82) is 0 Å². The molecule has 0 aromatic heterocycles. The van der Waals surface area contributed by atoms with Gasteiger partial charge in [-0.3, -0.25) is 14.4 Å². The van der Waals surface area contributed by atoms with E-state index in [2.05, 4.69) is 23.3 Å². The predicted molar refractivity (Wildman–Crippen MR) is 140 cm³/mol. The van der Waals surface area contributed by atoms with E-state index in [1.54, 1.807) is 60.7 Å². The first-order valence-electron chi connectivity index (χ1n) is 10.4. The normalized spacial score (nSPS) is 11.5. The highest BCUT2D eigenvalue weighted by Crippen LogP contribution is 2.25. The van der Waals surface area contributed by atoms with Crippen LogP contribution in [-0.2, 0) is 16.0 Å². The third-order valence-corrected chi connectivity index (χ3v) is 5.77. The third-order valence-electron chi connectivity index (χ3n) is 4.94. The number of nitrogens with one attached hydrogen (secondary N) is 2. The van der Waals surface area contributed by atoms with E-state index < -0.39 is 11.9 Å². The molecule has 34 heavy (non-hydrogen) atoms. The molecule has 0 bridgehead atoms. The standard InChI is InChI=1S/C25H23Cl2N3O3S/c26-17-10-15(11-18(27)12-17)6-9-23(31)30-22-8-7-19(29-25(33)21(28)14-34)13-20(22)24(32)16-4-2-1-3-5-16/h1-5,7-8,10-13,21,34H,6,9,14,28H2,(H,29,33)(H,30,31)/t21-/m0/s1. The van der Waals surface area contributed by atoms with Crippen molar-refractivity contribution in [2.75, 3.05) is 16.4 Å². The van der Waals surface area contributed by atoms with Crippen LogP contribution in [0.1, 0.15) is 27.9 Å². The SMILES string of the molecule is N[C@@H](CS)C(=O)Nc1ccc(NC(=O)CCc2cc(Cl)cc(Cl)c2)c(C(=O)c2ccccc2)c1. The zero-order valence-electron chi connectivity index (χ0n) is 18.1. The molecule has 3 aromatic carbocycles. The van der Waals surface area contributed by atoms with E-state index in [0.29, 0.717) is 33.4 Å². The summed E-state index contributed by atoms with van der Waals surface area (Å²) in [6.45, 7) is 0. The second kappa shape index (κ2) is 12.0. The number of aryl methyl sites for hydroxylation is 1. The second-order valence-corrected chi connectivity index (χ2v) is 8.80. The molecular formula is C25H23Cl2N3O3S. The number of amides is 2. The summed E-state index contributed by atoms with van der Waals surface area (Å²) in [5.41, 5.74) is 7.95. The van der Waals surface area contributed by atoms with Crippen molar-refractivity contribution >= 4 is 64.8 Å². The Bertz CT molecular complexity index is 1190. The molecule has 4 N–H and O–H groups in total. The molecule has 6 nitrogen and oxygen atoms in total. The molecule has 9 heteroatoms. The van der Waals surface area contributed by atoms with Crippen LogP contribution in [0, 0.1) is 0 Å². The highest BCUT2D eigenvalue weighted by Gasteiger charge is 2.18. The van der Waals surface area contributed by atoms with E-state index in [-0.39, 0.29) is 29.4 Å². The smallest absolute Gasteiger partial charge is 0.242 e. The number of anilines is 2. The highest BCUT2D eigenvalue weighted by atomic mass is 35.5. The van der Waals surface area contributed by atoms with Gasteiger partial charge in [-0.1, -0.05) is 53.5 Å². The molecule has 2 amide bonds. The highest BCUT2D eigenvalue weighted by molar-refractivity contribution is 7.80. The largest absolute Gasteiger partial charge is 0.325 e. The van der Waals surface area contributed by atoms with Gasteiger partial charge in [-0.2, -0.15) is 12.6 Å². The molecule has 0 fully saturated rings. The average Bonchev–Trinajstić information content (AvgIpc) is 2.82. The lowest BCUT2D eigenvalue weighted by molar-refractivity contribution is -0.117. The number of thiol groups is 1. The number of nitrogens with two attached hydrogens (primary N) is 1. The van der Waals surface area contributed by atoms with Gasteiger partial charge in [0.2, 0.25) is 11.8 Å². The Morgan fingerprint density at radius 1 is 0.912 bits per heavy atom. The van der Waals surface area contributed by atoms with Crippen LogP contribution in [0.2, 0.25) is 10.0 Å². The molecule has 0 saturated carbocycles. The Kier molecular flexibility index (Phi) is 9.12. The lowest BCUT2D eigenvalue weighted by Crippen LogP contribution is -2.37. The summed E-state index contributed by atoms with van der Waals surface area (Å²) in [7, 11) is 0. The molecule has 176 valence electrons. The number of ketones is 1. The number of hydrogen-bond donors (Lipinski definition) is 4. The maximum Gasteiger partial charge on any atom is 0.242 e. The summed E-state index contributed by atoms with van der Waals surface area (Å²) in [6.07, 6.45) is 0.578. The first kappa shape index (κ1) is 25.8. The van der Waals surface area contributed by atoms with Crippen LogP contribution in [0.4, 0.5) is 11.4 Å². The van der Waals surface area contributed by atoms with Gasteiger partial charge >= 0.3 is 0 Å². The van der Waals surface area contributed by atoms with Gasteiger partial charge in [-0.25, -0.2) is 0 Å². The molecular weight excluding hydrogens is 493 g/mol. The lowest BCUT2D eigenvalue weighted by atomic mass is 10.0. The van der Waals surface area contributed by atoms with Crippen LogP contribution < -0.4 is 16.4 Å². The minimum atomic E-state index is -0.795. The maximum absolute atomic E-state index is 13.2. The van der Waals surface area contributed by atoms with Gasteiger partial charge in [0.1, 0.15) is 0 Å². The molecule has 3 rings (SSSR count). The lowest BCUT2D eigenvalue weighted by Gasteiger charge is -2.15. The quantitative estimate of drug-likeness (QED) is 0.238. The van der Waals surface area contributed by atoms with Crippen LogP contribution in [-0.4, -0.2) is 29.4 Å². The van der Waals surface area contributed by atoms with Crippen molar-refractivity contribution in [2.45, 2.75) is 18.9 Å². The molecule has 0 unspecified atom stereocenters. The monoisotopic (exact) mass is 515 g/mol. The molecule has 0 spiro atoms. The molecule has 0 aliphatic rings. The van der Waals surface area contributed by atoms with Crippen LogP contribution in [0.5, 0.6) is 0 Å². The zero-order valence-corrected chi connectivity index (χ0v) is 20.5. The zero-order chi connectivity index (χ0) is 24.7. The fourth-order valence-corrected chi connectivity index (χ4v) is 3.94. The first-order chi connectivity index (χ1) is 16.3. The number of rotatable bonds is 9. The van der Waals surface area contributed by atoms with E-state index >= 15 is 0 Å². The van der Waals surface area contributed by atoms with Gasteiger partial charge in [-0.15, -0.1) is 0 Å². The van der Waals surface area contributed by atoms with Crippen LogP contribution in [0.3, 0.4) is 0 Å². The molecule has 0 aliphatic heterocycles. The Morgan fingerprint density at radius 2 is 1.59 bits per heavy atom. The van der Waals surface area contributed by atoms with Gasteiger partial charge in [-0.05, 0) is 48.4 Å². The van der Waals surface area contributed by atoms with Crippen molar-refractivity contribution in [3.05, 3.63) is 93.5 Å². The fraction of sp³-hybridized carbons (Fsp3) is 0.160. The van der Waals surface area contributed by atoms with E-state index in [9.17, 15) is 14.4 Å². The van der Waals surface area contributed by atoms with E-state index in [4.69, 9.17) is 28.9 Å². The van der Waals surface area contributed by atoms with Crippen LogP contribution in [0.25, 0.3) is 0 Å². The average molecular weight is 516 g/mol. The number of carbonyl (C=O) groups excluding carboxylic acids is 3. The van der Waals surface area contributed by atoms with E-state index in [1.807, 2.05) is 0 Å². The minimum absolute atomic E-state index is 0.158. The predicted octanol–water partition coefficient (Wildman–Crippen LogP) is 4.99. The molecule has 0 saturated heterocycles. The summed E-state index contributed by atoms with van der Waals surface area (Å²) in [6, 6.07) is 17.7. The molecule has 3 aromatic rings. The van der Waals surface area contributed by atoms with Gasteiger partial charge in [0.15, 0.2) is 5.78 Å². The van der Waals surface area contributed by atoms with Crippen molar-refractivity contribution in [3.63, 3.8) is 0 Å². The molecule has 1 atom stereocenters. The van der Waals surface area contributed by atoms with Crippen LogP contribution in [0.15, 0.2) is 66.7 Å². The third kappa shape index (κ3) is 7.08. The van der Waals surface area contributed by atoms with Crippen molar-refractivity contribution in [2.24, 2.45) is 5.73 Å². The Hall–Kier alpha value is -2.84. The van der Waals surface area contributed by atoms with Crippen molar-refractivity contribution < 1.29 is 14.4 Å². The van der Waals surface area contributed by atoms with Crippen molar-refractivity contribution in [3.8, 4) is 0 Å².